The minimum atomic E-state index is -0.140. The van der Waals surface area contributed by atoms with E-state index in [1.807, 2.05) is 12.1 Å². The fraction of sp³-hybridized carbons (Fsp3) is 0.0612. The van der Waals surface area contributed by atoms with E-state index >= 15 is 0 Å². The molecule has 0 atom stereocenters. The summed E-state index contributed by atoms with van der Waals surface area (Å²) in [5.74, 6) is 0. The van der Waals surface area contributed by atoms with Crippen LogP contribution in [0.3, 0.4) is 0 Å². The Morgan fingerprint density at radius 1 is 0.404 bits per heavy atom. The smallest absolute Gasteiger partial charge is 0.143 e. The molecule has 0 amide bonds. The van der Waals surface area contributed by atoms with Gasteiger partial charge in [-0.25, -0.2) is 0 Å². The van der Waals surface area contributed by atoms with Crippen LogP contribution in [-0.2, 0) is 5.41 Å². The monoisotopic (exact) mass is 667 g/mol. The van der Waals surface area contributed by atoms with Crippen LogP contribution in [0.5, 0.6) is 0 Å². The van der Waals surface area contributed by atoms with Crippen molar-refractivity contribution in [3.8, 4) is 22.3 Å². The van der Waals surface area contributed by atoms with Gasteiger partial charge in [-0.3, -0.25) is 0 Å². The molecule has 2 heterocycles. The molecule has 10 aromatic rings. The van der Waals surface area contributed by atoms with Gasteiger partial charge in [-0.2, -0.15) is 0 Å². The molecule has 0 unspecified atom stereocenters. The Bertz CT molecular complexity index is 3050. The Labute approximate surface area is 301 Å². The van der Waals surface area contributed by atoms with E-state index in [1.165, 1.54) is 22.3 Å². The van der Waals surface area contributed by atoms with Crippen molar-refractivity contribution in [1.82, 2.24) is 0 Å². The van der Waals surface area contributed by atoms with Crippen LogP contribution in [0.15, 0.2) is 173 Å². The molecule has 2 aromatic heterocycles. The summed E-state index contributed by atoms with van der Waals surface area (Å²) < 4.78 is 13.2. The van der Waals surface area contributed by atoms with Gasteiger partial charge in [0.2, 0.25) is 0 Å². The van der Waals surface area contributed by atoms with Crippen molar-refractivity contribution in [2.75, 3.05) is 4.90 Å². The predicted molar refractivity (Wildman–Crippen MR) is 216 cm³/mol. The fourth-order valence-corrected chi connectivity index (χ4v) is 8.74. The molecule has 3 nitrogen and oxygen atoms in total. The second-order valence-corrected chi connectivity index (χ2v) is 14.5. The lowest BCUT2D eigenvalue weighted by Crippen LogP contribution is -2.16. The first-order valence-corrected chi connectivity index (χ1v) is 17.9. The summed E-state index contributed by atoms with van der Waals surface area (Å²) in [6, 6.07) is 58.7. The van der Waals surface area contributed by atoms with Crippen molar-refractivity contribution in [1.29, 1.82) is 0 Å². The van der Waals surface area contributed by atoms with Gasteiger partial charge >= 0.3 is 0 Å². The third kappa shape index (κ3) is 4.08. The zero-order chi connectivity index (χ0) is 34.6. The molecule has 0 N–H and O–H groups in total. The summed E-state index contributed by atoms with van der Waals surface area (Å²) in [6.45, 7) is 4.69. The standard InChI is InChI=1S/C49H33NO2/c1-49(2)42-21-10-8-15-34(42)35-25-23-32(28-43(35)49)50(31-24-26-46-40(27-31)37-17-9-11-22-45(37)51-46)44-29-41-39-20-12-19-33(30-13-4-3-5-14-30)47(39)52-48(41)38-18-7-6-16-36(38)44/h3-29H,1-2H3. The molecular formula is C49H33NO2. The zero-order valence-electron chi connectivity index (χ0n) is 28.9. The van der Waals surface area contributed by atoms with E-state index in [2.05, 4.69) is 170 Å². The molecule has 0 radical (unpaired) electrons. The minimum Gasteiger partial charge on any atom is -0.456 e. The number of nitrogens with zero attached hydrogens (tertiary/aromatic N) is 1. The first-order valence-electron chi connectivity index (χ1n) is 17.9. The van der Waals surface area contributed by atoms with Gasteiger partial charge in [-0.15, -0.1) is 0 Å². The number of para-hydroxylation sites is 2. The molecule has 0 saturated carbocycles. The molecule has 0 fully saturated rings. The van der Waals surface area contributed by atoms with E-state index in [9.17, 15) is 0 Å². The topological polar surface area (TPSA) is 29.5 Å². The van der Waals surface area contributed by atoms with Crippen LogP contribution >= 0.6 is 0 Å². The highest BCUT2D eigenvalue weighted by Crippen LogP contribution is 2.52. The molecule has 0 bridgehead atoms. The van der Waals surface area contributed by atoms with Crippen LogP contribution in [0.4, 0.5) is 17.1 Å². The molecule has 0 aliphatic heterocycles. The number of fused-ring (bicyclic) bond motifs is 11. The maximum Gasteiger partial charge on any atom is 0.143 e. The third-order valence-corrected chi connectivity index (χ3v) is 11.3. The van der Waals surface area contributed by atoms with Crippen LogP contribution in [0, 0.1) is 0 Å². The lowest BCUT2D eigenvalue weighted by molar-refractivity contribution is 0.660. The van der Waals surface area contributed by atoms with E-state index in [4.69, 9.17) is 8.83 Å². The van der Waals surface area contributed by atoms with Crippen molar-refractivity contribution in [3.63, 3.8) is 0 Å². The second kappa shape index (κ2) is 10.7. The van der Waals surface area contributed by atoms with Crippen LogP contribution < -0.4 is 4.90 Å². The lowest BCUT2D eigenvalue weighted by Gasteiger charge is -2.29. The van der Waals surface area contributed by atoms with Crippen LogP contribution in [0.2, 0.25) is 0 Å². The normalized spacial score (nSPS) is 13.3. The van der Waals surface area contributed by atoms with Gasteiger partial charge in [0.15, 0.2) is 0 Å². The van der Waals surface area contributed by atoms with Crippen molar-refractivity contribution in [3.05, 3.63) is 175 Å². The molecule has 8 aromatic carbocycles. The van der Waals surface area contributed by atoms with E-state index in [0.29, 0.717) is 0 Å². The van der Waals surface area contributed by atoms with Gasteiger partial charge in [-0.1, -0.05) is 135 Å². The highest BCUT2D eigenvalue weighted by molar-refractivity contribution is 6.21. The van der Waals surface area contributed by atoms with Crippen molar-refractivity contribution in [2.45, 2.75) is 19.3 Å². The number of hydrogen-bond donors (Lipinski definition) is 0. The highest BCUT2D eigenvalue weighted by atomic mass is 16.3. The highest BCUT2D eigenvalue weighted by Gasteiger charge is 2.36. The van der Waals surface area contributed by atoms with Gasteiger partial charge in [0, 0.05) is 54.7 Å². The van der Waals surface area contributed by atoms with Gasteiger partial charge in [0.1, 0.15) is 22.3 Å². The summed E-state index contributed by atoms with van der Waals surface area (Å²) in [5, 5.41) is 6.60. The molecule has 1 aliphatic rings. The summed E-state index contributed by atoms with van der Waals surface area (Å²) in [6.07, 6.45) is 0. The third-order valence-electron chi connectivity index (χ3n) is 11.3. The van der Waals surface area contributed by atoms with E-state index < -0.39 is 0 Å². The first-order chi connectivity index (χ1) is 25.5. The maximum atomic E-state index is 6.89. The van der Waals surface area contributed by atoms with Crippen LogP contribution in [-0.4, -0.2) is 0 Å². The van der Waals surface area contributed by atoms with Crippen LogP contribution in [0.25, 0.3) is 76.9 Å². The Morgan fingerprint density at radius 3 is 1.92 bits per heavy atom. The SMILES string of the molecule is CC1(C)c2ccccc2-c2ccc(N(c3ccc4oc5ccccc5c4c3)c3cc4c5cccc(-c6ccccc6)c5oc4c4ccccc34)cc21. The average molecular weight is 668 g/mol. The molecular weight excluding hydrogens is 635 g/mol. The summed E-state index contributed by atoms with van der Waals surface area (Å²) >= 11 is 0. The number of rotatable bonds is 4. The molecule has 52 heavy (non-hydrogen) atoms. The first kappa shape index (κ1) is 29.2. The molecule has 0 spiro atoms. The van der Waals surface area contributed by atoms with Gasteiger partial charge in [0.25, 0.3) is 0 Å². The maximum absolute atomic E-state index is 6.89. The molecule has 1 aliphatic carbocycles. The van der Waals surface area contributed by atoms with E-state index in [1.54, 1.807) is 0 Å². The number of furan rings is 2. The lowest BCUT2D eigenvalue weighted by atomic mass is 9.82. The van der Waals surface area contributed by atoms with Gasteiger partial charge in [0.05, 0.1) is 5.69 Å². The van der Waals surface area contributed by atoms with Crippen molar-refractivity contribution in [2.24, 2.45) is 0 Å². The predicted octanol–water partition coefficient (Wildman–Crippen LogP) is 14.1. The number of anilines is 3. The number of benzene rings is 8. The Hall–Kier alpha value is -6.58. The minimum absolute atomic E-state index is 0.140. The van der Waals surface area contributed by atoms with Crippen molar-refractivity contribution < 1.29 is 8.83 Å². The largest absolute Gasteiger partial charge is 0.456 e. The summed E-state index contributed by atoms with van der Waals surface area (Å²) in [4.78, 5) is 2.43. The second-order valence-electron chi connectivity index (χ2n) is 14.5. The van der Waals surface area contributed by atoms with Crippen molar-refractivity contribution >= 4 is 71.7 Å². The van der Waals surface area contributed by atoms with Gasteiger partial charge < -0.3 is 13.7 Å². The van der Waals surface area contributed by atoms with E-state index in [0.717, 1.165) is 82.8 Å². The molecule has 0 saturated heterocycles. The average Bonchev–Trinajstić information content (AvgIpc) is 3.83. The zero-order valence-corrected chi connectivity index (χ0v) is 28.9. The van der Waals surface area contributed by atoms with E-state index in [-0.39, 0.29) is 5.41 Å². The Morgan fingerprint density at radius 2 is 1.04 bits per heavy atom. The summed E-state index contributed by atoms with van der Waals surface area (Å²) in [5.41, 5.74) is 14.3. The quantitative estimate of drug-likeness (QED) is 0.187. The fourth-order valence-electron chi connectivity index (χ4n) is 8.74. The number of hydrogen-bond acceptors (Lipinski definition) is 3. The molecule has 246 valence electrons. The van der Waals surface area contributed by atoms with Gasteiger partial charge in [-0.05, 0) is 70.3 Å². The Balaban J connectivity index is 1.22. The summed E-state index contributed by atoms with van der Waals surface area (Å²) in [7, 11) is 0. The molecule has 3 heteroatoms. The Kier molecular flexibility index (Phi) is 6.01. The van der Waals surface area contributed by atoms with Crippen LogP contribution in [0.1, 0.15) is 25.0 Å². The molecule has 11 rings (SSSR count).